The quantitative estimate of drug-likeness (QED) is 0.400. The first-order valence-corrected chi connectivity index (χ1v) is 7.34. The molecule has 0 bridgehead atoms. The van der Waals surface area contributed by atoms with Crippen LogP contribution in [0, 0.1) is 61.8 Å². The predicted molar refractivity (Wildman–Crippen MR) is 79.9 cm³/mol. The summed E-state index contributed by atoms with van der Waals surface area (Å²) in [5.41, 5.74) is 14.2. The van der Waals surface area contributed by atoms with E-state index in [0.717, 1.165) is 19.3 Å². The van der Waals surface area contributed by atoms with Crippen molar-refractivity contribution in [2.75, 3.05) is 7.05 Å². The van der Waals surface area contributed by atoms with Gasteiger partial charge in [0.05, 0.1) is 6.10 Å². The Morgan fingerprint density at radius 1 is 1.45 bits per heavy atom. The molecule has 1 aliphatic rings. The number of hydrogen-bond donors (Lipinski definition) is 3. The summed E-state index contributed by atoms with van der Waals surface area (Å²) in [6, 6.07) is -0.200. The zero-order chi connectivity index (χ0) is 14.6. The van der Waals surface area contributed by atoms with Crippen molar-refractivity contribution < 1.29 is 49.2 Å². The number of guanidine groups is 1. The fourth-order valence-corrected chi connectivity index (χ4v) is 3.30. The largest absolute Gasteiger partial charge is 0.674 e. The molecule has 0 spiro atoms. The smallest absolute Gasteiger partial charge is 0.188 e. The van der Waals surface area contributed by atoms with Crippen LogP contribution in [0.2, 0.25) is 0 Å². The van der Waals surface area contributed by atoms with Crippen molar-refractivity contribution in [1.29, 1.82) is 0 Å². The standard InChI is InChI=1S/C14H29N4O.Ac/c1-5-9(6-2)12(15)11-10(18-14(16)17-4)7-8(3)13(11)19;/h8-13,15,19H,5-7H2,1-4H3,(H3,16,17,18);/q-1;/t8-,10+,11+,12?,13+;/m0./s1. The molecular weight excluding hydrogens is 467 g/mol. The van der Waals surface area contributed by atoms with Crippen LogP contribution in [0.5, 0.6) is 0 Å². The SMILES string of the molecule is CCC(CC)C([NH-])[C@@H]1[C@H](O)[C@@H](C)C[C@H]1NC(N)=NC.[Ac]. The van der Waals surface area contributed by atoms with E-state index in [1.165, 1.54) is 0 Å². The van der Waals surface area contributed by atoms with Gasteiger partial charge in [-0.3, -0.25) is 4.99 Å². The van der Waals surface area contributed by atoms with Crippen molar-refractivity contribution in [3.63, 3.8) is 0 Å². The molecule has 20 heavy (non-hydrogen) atoms. The number of hydrogen-bond acceptors (Lipinski definition) is 2. The molecule has 1 rings (SSSR count). The van der Waals surface area contributed by atoms with E-state index in [2.05, 4.69) is 24.2 Å². The number of nitrogens with one attached hydrogen (secondary N) is 2. The Kier molecular flexibility index (Phi) is 9.91. The Morgan fingerprint density at radius 3 is 2.45 bits per heavy atom. The van der Waals surface area contributed by atoms with Crippen molar-refractivity contribution in [3.8, 4) is 0 Å². The average Bonchev–Trinajstić information content (AvgIpc) is 2.66. The number of aliphatic hydroxyl groups is 1. The van der Waals surface area contributed by atoms with Crippen LogP contribution in [0.3, 0.4) is 0 Å². The van der Waals surface area contributed by atoms with E-state index in [1.54, 1.807) is 7.05 Å². The summed E-state index contributed by atoms with van der Waals surface area (Å²) in [6.07, 6.45) is 2.38. The summed E-state index contributed by atoms with van der Waals surface area (Å²) >= 11 is 0. The number of aliphatic imine (C=N–C) groups is 1. The molecule has 1 radical (unpaired) electrons. The van der Waals surface area contributed by atoms with E-state index in [9.17, 15) is 5.11 Å². The third-order valence-corrected chi connectivity index (χ3v) is 4.61. The number of nitrogens with zero attached hydrogens (tertiary/aromatic N) is 1. The van der Waals surface area contributed by atoms with Gasteiger partial charge in [0.1, 0.15) is 0 Å². The third-order valence-electron chi connectivity index (χ3n) is 4.61. The molecule has 1 fully saturated rings. The topological polar surface area (TPSA) is 94.4 Å². The second-order valence-electron chi connectivity index (χ2n) is 5.74. The summed E-state index contributed by atoms with van der Waals surface area (Å²) in [6.45, 7) is 6.27. The molecule has 1 unspecified atom stereocenters. The van der Waals surface area contributed by atoms with Gasteiger partial charge in [0.2, 0.25) is 0 Å². The second-order valence-corrected chi connectivity index (χ2v) is 5.74. The molecule has 115 valence electrons. The van der Waals surface area contributed by atoms with Crippen LogP contribution in [0.1, 0.15) is 40.0 Å². The van der Waals surface area contributed by atoms with Gasteiger partial charge in [-0.15, -0.1) is 6.04 Å². The van der Waals surface area contributed by atoms with Crippen molar-refractivity contribution in [1.82, 2.24) is 5.32 Å². The Bertz CT molecular complexity index is 310. The molecule has 5 nitrogen and oxygen atoms in total. The molecule has 0 aromatic rings. The van der Waals surface area contributed by atoms with Gasteiger partial charge in [0.15, 0.2) is 5.96 Å². The van der Waals surface area contributed by atoms with E-state index in [0.29, 0.717) is 11.9 Å². The maximum absolute atomic E-state index is 10.4. The Morgan fingerprint density at radius 2 is 2.00 bits per heavy atom. The van der Waals surface area contributed by atoms with Gasteiger partial charge >= 0.3 is 0 Å². The van der Waals surface area contributed by atoms with E-state index in [-0.39, 0.29) is 68.0 Å². The first-order valence-electron chi connectivity index (χ1n) is 7.34. The molecule has 0 heterocycles. The molecule has 5 N–H and O–H groups in total. The normalized spacial score (nSPS) is 32.0. The summed E-state index contributed by atoms with van der Waals surface area (Å²) < 4.78 is 0. The van der Waals surface area contributed by atoms with Crippen molar-refractivity contribution >= 4 is 5.96 Å². The molecule has 1 aliphatic carbocycles. The zero-order valence-electron chi connectivity index (χ0n) is 13.1. The van der Waals surface area contributed by atoms with Crippen LogP contribution < -0.4 is 11.1 Å². The summed E-state index contributed by atoms with van der Waals surface area (Å²) in [5.74, 6) is 0.858. The van der Waals surface area contributed by atoms with E-state index in [1.807, 2.05) is 6.92 Å². The minimum absolute atomic E-state index is 0. The first kappa shape index (κ1) is 20.6. The maximum Gasteiger partial charge on any atom is 0.188 e. The second kappa shape index (κ2) is 9.61. The fraction of sp³-hybridized carbons (Fsp3) is 0.929. The number of nitrogens with two attached hydrogens (primary N) is 1. The van der Waals surface area contributed by atoms with Crippen LogP contribution in [-0.2, 0) is 0 Å². The summed E-state index contributed by atoms with van der Waals surface area (Å²) in [7, 11) is 1.64. The van der Waals surface area contributed by atoms with Crippen LogP contribution in [0.15, 0.2) is 4.99 Å². The van der Waals surface area contributed by atoms with Gasteiger partial charge in [-0.25, -0.2) is 0 Å². The van der Waals surface area contributed by atoms with Gasteiger partial charge in [-0.05, 0) is 18.3 Å². The molecule has 0 aromatic heterocycles. The van der Waals surface area contributed by atoms with Gasteiger partial charge in [0, 0.05) is 57.2 Å². The van der Waals surface area contributed by atoms with Gasteiger partial charge in [0.25, 0.3) is 0 Å². The summed E-state index contributed by atoms with van der Waals surface area (Å²) in [5, 5.41) is 13.6. The summed E-state index contributed by atoms with van der Waals surface area (Å²) in [4.78, 5) is 3.92. The number of aliphatic hydroxyl groups excluding tert-OH is 1. The first-order chi connectivity index (χ1) is 8.96. The van der Waals surface area contributed by atoms with Gasteiger partial charge in [-0.2, -0.15) is 0 Å². The van der Waals surface area contributed by atoms with Crippen LogP contribution in [-0.4, -0.2) is 36.3 Å². The molecule has 0 aliphatic heterocycles. The van der Waals surface area contributed by atoms with Gasteiger partial charge < -0.3 is 21.9 Å². The minimum atomic E-state index is -0.426. The zero-order valence-corrected chi connectivity index (χ0v) is 17.9. The molecule has 0 aromatic carbocycles. The molecule has 1 saturated carbocycles. The predicted octanol–water partition coefficient (Wildman–Crippen LogP) is 1.76. The average molecular weight is 496 g/mol. The van der Waals surface area contributed by atoms with Gasteiger partial charge in [-0.1, -0.05) is 39.5 Å². The molecule has 0 saturated heterocycles. The number of rotatable bonds is 5. The Hall–Kier alpha value is 0.632. The maximum atomic E-state index is 10.4. The minimum Gasteiger partial charge on any atom is -0.674 e. The van der Waals surface area contributed by atoms with Crippen molar-refractivity contribution in [3.05, 3.63) is 5.73 Å². The van der Waals surface area contributed by atoms with Crippen LogP contribution >= 0.6 is 0 Å². The van der Waals surface area contributed by atoms with E-state index in [4.69, 9.17) is 11.5 Å². The third kappa shape index (κ3) is 4.83. The van der Waals surface area contributed by atoms with Crippen LogP contribution in [0.25, 0.3) is 5.73 Å². The monoisotopic (exact) mass is 496 g/mol. The Balaban J connectivity index is 0.00000361. The fourth-order valence-electron chi connectivity index (χ4n) is 3.30. The Labute approximate surface area is 158 Å². The molecular formula is C14H29AcN4O-. The van der Waals surface area contributed by atoms with E-state index >= 15 is 0 Å². The molecule has 6 heteroatoms. The van der Waals surface area contributed by atoms with Crippen LogP contribution in [0.4, 0.5) is 0 Å². The molecule has 5 atom stereocenters. The van der Waals surface area contributed by atoms with Crippen molar-refractivity contribution in [2.45, 2.75) is 58.2 Å². The molecule has 0 amide bonds. The van der Waals surface area contributed by atoms with Crippen molar-refractivity contribution in [2.24, 2.45) is 28.5 Å². The van der Waals surface area contributed by atoms with E-state index < -0.39 is 6.10 Å².